The average Bonchev–Trinajstić information content (AvgIpc) is 2.60. The van der Waals surface area contributed by atoms with Crippen LogP contribution in [-0.2, 0) is 12.8 Å². The Kier molecular flexibility index (Phi) is 4.12. The summed E-state index contributed by atoms with van der Waals surface area (Å²) in [7, 11) is -1.36. The molecular formula is C20H32OSi. The van der Waals surface area contributed by atoms with Gasteiger partial charge in [-0.15, -0.1) is 0 Å². The minimum Gasteiger partial charge on any atom is -0.294 e. The first-order valence-corrected chi connectivity index (χ1v) is 11.6. The topological polar surface area (TPSA) is 17.1 Å². The molecule has 0 saturated heterocycles. The van der Waals surface area contributed by atoms with E-state index in [1.807, 2.05) is 13.8 Å². The summed E-state index contributed by atoms with van der Waals surface area (Å²) < 4.78 is 24.9. The molecule has 0 radical (unpaired) electrons. The number of fused-ring (bicyclic) bond motifs is 1. The fourth-order valence-corrected chi connectivity index (χ4v) is 7.04. The zero-order chi connectivity index (χ0) is 19.0. The molecule has 1 aromatic carbocycles. The maximum Gasteiger partial charge on any atom is 0.169 e. The Bertz CT molecular complexity index is 670. The first kappa shape index (κ1) is 13.5. The summed E-state index contributed by atoms with van der Waals surface area (Å²) in [5.74, 6) is 0.0718. The monoisotopic (exact) mass is 319 g/mol. The van der Waals surface area contributed by atoms with Crippen molar-refractivity contribution >= 4 is 13.9 Å². The van der Waals surface area contributed by atoms with E-state index in [1.54, 1.807) is 0 Å². The zero-order valence-electron chi connectivity index (χ0n) is 17.9. The van der Waals surface area contributed by atoms with Crippen molar-refractivity contribution in [2.24, 2.45) is 5.41 Å². The number of benzene rings is 1. The molecule has 0 atom stereocenters. The number of carbonyl (C=O) groups excluding carboxylic acids is 1. The number of ketones is 1. The molecule has 0 bridgehead atoms. The lowest BCUT2D eigenvalue weighted by Crippen LogP contribution is -2.33. The van der Waals surface area contributed by atoms with Crippen molar-refractivity contribution in [3.63, 3.8) is 0 Å². The number of hydrogen-bond acceptors (Lipinski definition) is 1. The van der Waals surface area contributed by atoms with Gasteiger partial charge in [0, 0.05) is 11.0 Å². The van der Waals surface area contributed by atoms with Gasteiger partial charge in [-0.1, -0.05) is 76.9 Å². The van der Waals surface area contributed by atoms with E-state index in [-0.39, 0.29) is 23.9 Å². The fourth-order valence-electron chi connectivity index (χ4n) is 3.70. The first-order valence-electron chi connectivity index (χ1n) is 10.3. The third kappa shape index (κ3) is 3.22. The van der Waals surface area contributed by atoms with Gasteiger partial charge in [-0.3, -0.25) is 4.79 Å². The Labute approximate surface area is 141 Å². The number of hydrogen-bond donors (Lipinski definition) is 0. The van der Waals surface area contributed by atoms with Crippen molar-refractivity contribution in [2.75, 3.05) is 0 Å². The average molecular weight is 320 g/mol. The second-order valence-electron chi connectivity index (χ2n) is 7.48. The van der Waals surface area contributed by atoms with E-state index in [9.17, 15) is 4.79 Å². The first-order chi connectivity index (χ1) is 11.6. The molecule has 0 fully saturated rings. The second kappa shape index (κ2) is 6.70. The van der Waals surface area contributed by atoms with Crippen LogP contribution in [0.2, 0.25) is 24.2 Å². The minimum absolute atomic E-state index is 0.00184. The quantitative estimate of drug-likeness (QED) is 0.597. The fraction of sp³-hybridized carbons (Fsp3) is 0.650. The highest BCUT2D eigenvalue weighted by molar-refractivity contribution is 6.79. The highest BCUT2D eigenvalue weighted by atomic mass is 28.3. The summed E-state index contributed by atoms with van der Waals surface area (Å²) in [6.07, 6.45) is 2.11. The van der Waals surface area contributed by atoms with Crippen LogP contribution in [0.3, 0.4) is 0 Å². The van der Waals surface area contributed by atoms with Crippen molar-refractivity contribution in [1.29, 1.82) is 0 Å². The van der Waals surface area contributed by atoms with E-state index in [2.05, 4.69) is 20.8 Å². The minimum atomic E-state index is -1.36. The van der Waals surface area contributed by atoms with Crippen molar-refractivity contribution in [1.82, 2.24) is 0 Å². The molecule has 2 heteroatoms. The molecule has 0 saturated carbocycles. The highest BCUT2D eigenvalue weighted by Crippen LogP contribution is 2.37. The third-order valence-corrected chi connectivity index (χ3v) is 11.8. The summed E-state index contributed by atoms with van der Waals surface area (Å²) in [4.78, 5) is 13.1. The lowest BCUT2D eigenvalue weighted by Gasteiger charge is -2.32. The number of Topliss-reactive ketones (excluding diaryl/α,β-unsaturated/α-hetero) is 1. The molecule has 1 nitrogen and oxygen atoms in total. The molecule has 1 aromatic rings. The van der Waals surface area contributed by atoms with Crippen molar-refractivity contribution in [3.05, 3.63) is 34.8 Å². The van der Waals surface area contributed by atoms with Crippen molar-refractivity contribution in [3.8, 4) is 0 Å². The second-order valence-corrected chi connectivity index (χ2v) is 13.1. The van der Waals surface area contributed by atoms with Gasteiger partial charge in [0.25, 0.3) is 0 Å². The highest BCUT2D eigenvalue weighted by Gasteiger charge is 2.36. The standard InChI is InChI=1S/C20H32OSi/c1-6-22(7-2,8-3)15-13-17-11-9-10-16-12-14-20(4,5)19(21)18(16)17/h9-11H,6-8,12-15H2,1-5H3/i9D,10D,11D. The Morgan fingerprint density at radius 1 is 1.18 bits per heavy atom. The van der Waals surface area contributed by atoms with E-state index in [0.717, 1.165) is 30.0 Å². The summed E-state index contributed by atoms with van der Waals surface area (Å²) in [6.45, 7) is 10.7. The van der Waals surface area contributed by atoms with Gasteiger partial charge in [0.1, 0.15) is 0 Å². The molecular weight excluding hydrogens is 284 g/mol. The summed E-state index contributed by atoms with van der Waals surface area (Å²) in [6, 6.07) is 4.94. The number of rotatable bonds is 6. The molecule has 1 aliphatic carbocycles. The van der Waals surface area contributed by atoms with Gasteiger partial charge in [0.05, 0.1) is 12.2 Å². The van der Waals surface area contributed by atoms with Crippen molar-refractivity contribution < 1.29 is 8.91 Å². The van der Waals surface area contributed by atoms with Crippen LogP contribution in [0, 0.1) is 5.41 Å². The van der Waals surface area contributed by atoms with Crippen LogP contribution in [0.4, 0.5) is 0 Å². The van der Waals surface area contributed by atoms with Gasteiger partial charge in [0.2, 0.25) is 0 Å². The third-order valence-electron chi connectivity index (χ3n) is 6.03. The predicted molar refractivity (Wildman–Crippen MR) is 98.6 cm³/mol. The van der Waals surface area contributed by atoms with Crippen LogP contribution in [0.1, 0.15) is 66.6 Å². The molecule has 0 aromatic heterocycles. The molecule has 1 aliphatic rings. The van der Waals surface area contributed by atoms with Gasteiger partial charge in [-0.25, -0.2) is 0 Å². The number of carbonyl (C=O) groups is 1. The lowest BCUT2D eigenvalue weighted by atomic mass is 9.72. The zero-order valence-corrected chi connectivity index (χ0v) is 15.9. The molecule has 0 amide bonds. The maximum atomic E-state index is 13.1. The molecule has 0 aliphatic heterocycles. The van der Waals surface area contributed by atoms with Crippen LogP contribution in [-0.4, -0.2) is 13.9 Å². The van der Waals surface area contributed by atoms with Gasteiger partial charge in [-0.2, -0.15) is 0 Å². The smallest absolute Gasteiger partial charge is 0.169 e. The molecule has 22 heavy (non-hydrogen) atoms. The van der Waals surface area contributed by atoms with Crippen LogP contribution in [0.5, 0.6) is 0 Å². The van der Waals surface area contributed by atoms with E-state index in [4.69, 9.17) is 4.11 Å². The Morgan fingerprint density at radius 3 is 2.41 bits per heavy atom. The summed E-state index contributed by atoms with van der Waals surface area (Å²) in [5.41, 5.74) is 1.66. The van der Waals surface area contributed by atoms with Crippen molar-refractivity contribution in [2.45, 2.75) is 78.1 Å². The van der Waals surface area contributed by atoms with Crippen LogP contribution >= 0.6 is 0 Å². The van der Waals surface area contributed by atoms with E-state index in [1.165, 1.54) is 18.1 Å². The van der Waals surface area contributed by atoms with Gasteiger partial charge >= 0.3 is 0 Å². The predicted octanol–water partition coefficient (Wildman–Crippen LogP) is 5.89. The van der Waals surface area contributed by atoms with Gasteiger partial charge < -0.3 is 0 Å². The molecule has 0 heterocycles. The Hall–Kier alpha value is -0.893. The molecule has 0 spiro atoms. The molecule has 2 rings (SSSR count). The van der Waals surface area contributed by atoms with Crippen LogP contribution in [0.15, 0.2) is 18.1 Å². The summed E-state index contributed by atoms with van der Waals surface area (Å²) in [5, 5.41) is 0. The van der Waals surface area contributed by atoms with E-state index < -0.39 is 13.5 Å². The molecule has 0 N–H and O–H groups in total. The molecule has 122 valence electrons. The van der Waals surface area contributed by atoms with Crippen LogP contribution in [0.25, 0.3) is 0 Å². The van der Waals surface area contributed by atoms with E-state index in [0.29, 0.717) is 12.0 Å². The van der Waals surface area contributed by atoms with Gasteiger partial charge in [0.15, 0.2) is 5.78 Å². The van der Waals surface area contributed by atoms with Crippen LogP contribution < -0.4 is 0 Å². The van der Waals surface area contributed by atoms with Gasteiger partial charge in [-0.05, 0) is 30.4 Å². The Morgan fingerprint density at radius 2 is 1.82 bits per heavy atom. The molecule has 0 unspecified atom stereocenters. The summed E-state index contributed by atoms with van der Waals surface area (Å²) >= 11 is 0. The largest absolute Gasteiger partial charge is 0.294 e. The SMILES string of the molecule is [2H]c1c([2H])c2c(c(CC[Si](CC)(CC)CC)c1[2H])C(=O)C(C)(C)CC2. The Balaban J connectivity index is 2.55. The van der Waals surface area contributed by atoms with E-state index >= 15 is 0 Å². The normalized spacial score (nSPS) is 19.3. The maximum absolute atomic E-state index is 13.1. The lowest BCUT2D eigenvalue weighted by molar-refractivity contribution is 0.0810.